The van der Waals surface area contributed by atoms with Crippen LogP contribution in [0.4, 0.5) is 23.0 Å². The Hall–Kier alpha value is -3.88. The molecule has 1 aliphatic rings. The molecule has 1 unspecified atom stereocenters. The Balaban J connectivity index is 1.63. The molecule has 1 aliphatic heterocycles. The quantitative estimate of drug-likeness (QED) is 0.488. The molecule has 4 rings (SSSR count). The lowest BCUT2D eigenvalue weighted by molar-refractivity contribution is -0.383. The first-order valence-electron chi connectivity index (χ1n) is 8.59. The maximum absolute atomic E-state index is 11.7. The average Bonchev–Trinajstić information content (AvgIpc) is 3.16. The molecule has 9 heteroatoms. The first-order chi connectivity index (χ1) is 13.6. The Labute approximate surface area is 160 Å². The van der Waals surface area contributed by atoms with Gasteiger partial charge in [0.1, 0.15) is 6.33 Å². The molecule has 9 nitrogen and oxygen atoms in total. The second-order valence-corrected chi connectivity index (χ2v) is 6.15. The van der Waals surface area contributed by atoms with E-state index in [4.69, 9.17) is 9.47 Å². The van der Waals surface area contributed by atoms with E-state index in [-0.39, 0.29) is 30.2 Å². The molecule has 0 amide bonds. The van der Waals surface area contributed by atoms with E-state index in [2.05, 4.69) is 20.6 Å². The van der Waals surface area contributed by atoms with E-state index < -0.39 is 4.92 Å². The predicted octanol–water partition coefficient (Wildman–Crippen LogP) is 4.03. The normalized spacial score (nSPS) is 13.0. The largest absolute Gasteiger partial charge is 0.454 e. The number of nitrogens with zero attached hydrogens (tertiary/aromatic N) is 3. The summed E-state index contributed by atoms with van der Waals surface area (Å²) < 4.78 is 10.6. The summed E-state index contributed by atoms with van der Waals surface area (Å²) in [6.45, 7) is 2.06. The number of fused-ring (bicyclic) bond motifs is 1. The fraction of sp³-hybridized carbons (Fsp3) is 0.158. The summed E-state index contributed by atoms with van der Waals surface area (Å²) in [4.78, 5) is 19.4. The van der Waals surface area contributed by atoms with Crippen LogP contribution in [0.25, 0.3) is 0 Å². The molecular formula is C19H17N5O4. The van der Waals surface area contributed by atoms with E-state index in [0.29, 0.717) is 17.2 Å². The number of nitro groups is 1. The standard InChI is InChI=1S/C19H17N5O4/c1-12(13-5-3-2-4-6-13)22-18-17(24(25)26)19(21-10-20-18)23-14-7-8-15-16(9-14)28-11-27-15/h2-10,12H,11H2,1H3,(H2,20,21,22,23). The zero-order valence-electron chi connectivity index (χ0n) is 15.0. The van der Waals surface area contributed by atoms with Crippen molar-refractivity contribution in [3.63, 3.8) is 0 Å². The van der Waals surface area contributed by atoms with Crippen molar-refractivity contribution in [2.24, 2.45) is 0 Å². The number of nitrogens with one attached hydrogen (secondary N) is 2. The lowest BCUT2D eigenvalue weighted by Gasteiger charge is -2.16. The first-order valence-corrected chi connectivity index (χ1v) is 8.59. The Morgan fingerprint density at radius 2 is 1.82 bits per heavy atom. The van der Waals surface area contributed by atoms with Gasteiger partial charge in [-0.3, -0.25) is 10.1 Å². The van der Waals surface area contributed by atoms with Gasteiger partial charge >= 0.3 is 5.69 Å². The molecule has 1 atom stereocenters. The Bertz CT molecular complexity index is 1010. The van der Waals surface area contributed by atoms with Gasteiger partial charge in [-0.2, -0.15) is 0 Å². The molecule has 3 aromatic rings. The van der Waals surface area contributed by atoms with E-state index in [1.807, 2.05) is 37.3 Å². The lowest BCUT2D eigenvalue weighted by atomic mass is 10.1. The van der Waals surface area contributed by atoms with Crippen molar-refractivity contribution in [3.05, 3.63) is 70.5 Å². The van der Waals surface area contributed by atoms with E-state index in [1.54, 1.807) is 18.2 Å². The van der Waals surface area contributed by atoms with Crippen molar-refractivity contribution in [1.29, 1.82) is 0 Å². The number of ether oxygens (including phenoxy) is 2. The molecule has 2 N–H and O–H groups in total. The van der Waals surface area contributed by atoms with E-state index >= 15 is 0 Å². The summed E-state index contributed by atoms with van der Waals surface area (Å²) in [5, 5.41) is 17.8. The second-order valence-electron chi connectivity index (χ2n) is 6.15. The van der Waals surface area contributed by atoms with Gasteiger partial charge < -0.3 is 20.1 Å². The van der Waals surface area contributed by atoms with Crippen LogP contribution in [-0.4, -0.2) is 21.7 Å². The molecule has 1 aromatic heterocycles. The van der Waals surface area contributed by atoms with Gasteiger partial charge in [0.2, 0.25) is 18.4 Å². The molecule has 2 aromatic carbocycles. The van der Waals surface area contributed by atoms with Crippen LogP contribution in [0.2, 0.25) is 0 Å². The van der Waals surface area contributed by atoms with Crippen molar-refractivity contribution in [3.8, 4) is 11.5 Å². The number of rotatable bonds is 6. The predicted molar refractivity (Wildman–Crippen MR) is 103 cm³/mol. The molecule has 2 heterocycles. The molecule has 0 saturated heterocycles. The van der Waals surface area contributed by atoms with Gasteiger partial charge in [0.25, 0.3) is 0 Å². The summed E-state index contributed by atoms with van der Waals surface area (Å²) in [5.74, 6) is 1.42. The number of anilines is 3. The SMILES string of the molecule is CC(Nc1ncnc(Nc2ccc3c(c2)OCO3)c1[N+](=O)[O-])c1ccccc1. The maximum atomic E-state index is 11.7. The van der Waals surface area contributed by atoms with Crippen LogP contribution in [0, 0.1) is 10.1 Å². The van der Waals surface area contributed by atoms with Gasteiger partial charge in [-0.1, -0.05) is 30.3 Å². The van der Waals surface area contributed by atoms with Crippen molar-refractivity contribution in [2.45, 2.75) is 13.0 Å². The fourth-order valence-electron chi connectivity index (χ4n) is 2.89. The summed E-state index contributed by atoms with van der Waals surface area (Å²) in [5.41, 5.74) is 1.34. The number of benzene rings is 2. The van der Waals surface area contributed by atoms with Gasteiger partial charge in [-0.25, -0.2) is 9.97 Å². The average molecular weight is 379 g/mol. The molecule has 0 bridgehead atoms. The number of hydrogen-bond donors (Lipinski definition) is 2. The lowest BCUT2D eigenvalue weighted by Crippen LogP contribution is -2.11. The van der Waals surface area contributed by atoms with Crippen molar-refractivity contribution >= 4 is 23.0 Å². The third kappa shape index (κ3) is 3.50. The number of hydrogen-bond acceptors (Lipinski definition) is 8. The minimum Gasteiger partial charge on any atom is -0.454 e. The van der Waals surface area contributed by atoms with E-state index in [0.717, 1.165) is 5.56 Å². The summed E-state index contributed by atoms with van der Waals surface area (Å²) in [7, 11) is 0. The van der Waals surface area contributed by atoms with E-state index in [9.17, 15) is 10.1 Å². The van der Waals surface area contributed by atoms with Crippen LogP contribution in [0.1, 0.15) is 18.5 Å². The highest BCUT2D eigenvalue weighted by Crippen LogP contribution is 2.37. The zero-order chi connectivity index (χ0) is 19.5. The highest BCUT2D eigenvalue weighted by molar-refractivity contribution is 5.74. The Morgan fingerprint density at radius 3 is 2.61 bits per heavy atom. The topological polar surface area (TPSA) is 111 Å². The number of aromatic nitrogens is 2. The fourth-order valence-corrected chi connectivity index (χ4v) is 2.89. The third-order valence-corrected chi connectivity index (χ3v) is 4.29. The van der Waals surface area contributed by atoms with Gasteiger partial charge in [0.15, 0.2) is 11.5 Å². The smallest absolute Gasteiger partial charge is 0.353 e. The third-order valence-electron chi connectivity index (χ3n) is 4.29. The van der Waals surface area contributed by atoms with Gasteiger partial charge in [0.05, 0.1) is 11.0 Å². The Morgan fingerprint density at radius 1 is 1.07 bits per heavy atom. The van der Waals surface area contributed by atoms with Gasteiger partial charge in [-0.05, 0) is 24.6 Å². The van der Waals surface area contributed by atoms with Crippen LogP contribution in [-0.2, 0) is 0 Å². The molecular weight excluding hydrogens is 362 g/mol. The van der Waals surface area contributed by atoms with Crippen LogP contribution in [0.15, 0.2) is 54.9 Å². The molecule has 0 fully saturated rings. The van der Waals surface area contributed by atoms with Crippen LogP contribution in [0.5, 0.6) is 11.5 Å². The first kappa shape index (κ1) is 17.5. The summed E-state index contributed by atoms with van der Waals surface area (Å²) in [6.07, 6.45) is 1.28. The van der Waals surface area contributed by atoms with Crippen LogP contribution < -0.4 is 20.1 Å². The van der Waals surface area contributed by atoms with Crippen molar-refractivity contribution in [1.82, 2.24) is 9.97 Å². The molecule has 0 saturated carbocycles. The molecule has 0 aliphatic carbocycles. The highest BCUT2D eigenvalue weighted by Gasteiger charge is 2.25. The monoisotopic (exact) mass is 379 g/mol. The molecule has 142 valence electrons. The summed E-state index contributed by atoms with van der Waals surface area (Å²) >= 11 is 0. The van der Waals surface area contributed by atoms with Crippen LogP contribution >= 0.6 is 0 Å². The summed E-state index contributed by atoms with van der Waals surface area (Å²) in [6, 6.07) is 14.6. The minimum atomic E-state index is -0.505. The molecule has 0 radical (unpaired) electrons. The van der Waals surface area contributed by atoms with Crippen molar-refractivity contribution < 1.29 is 14.4 Å². The molecule has 28 heavy (non-hydrogen) atoms. The minimum absolute atomic E-state index is 0.0848. The van der Waals surface area contributed by atoms with Gasteiger partial charge in [0, 0.05) is 11.8 Å². The zero-order valence-corrected chi connectivity index (χ0v) is 15.0. The highest BCUT2D eigenvalue weighted by atomic mass is 16.7. The second kappa shape index (κ2) is 7.39. The molecule has 0 spiro atoms. The van der Waals surface area contributed by atoms with E-state index in [1.165, 1.54) is 6.33 Å². The van der Waals surface area contributed by atoms with Crippen molar-refractivity contribution in [2.75, 3.05) is 17.4 Å². The van der Waals surface area contributed by atoms with Gasteiger partial charge in [-0.15, -0.1) is 0 Å². The Kier molecular flexibility index (Phi) is 4.63. The maximum Gasteiger partial charge on any atom is 0.353 e. The van der Waals surface area contributed by atoms with Crippen LogP contribution in [0.3, 0.4) is 0 Å².